The lowest BCUT2D eigenvalue weighted by atomic mass is 10.0. The summed E-state index contributed by atoms with van der Waals surface area (Å²) < 4.78 is 5.34. The summed E-state index contributed by atoms with van der Waals surface area (Å²) in [5, 5.41) is 5.04. The summed E-state index contributed by atoms with van der Waals surface area (Å²) in [5.74, 6) is -0.174. The van der Waals surface area contributed by atoms with E-state index in [0.29, 0.717) is 18.0 Å². The number of carbonyl (C=O) groups excluding carboxylic acids is 3. The van der Waals surface area contributed by atoms with Gasteiger partial charge in [0.1, 0.15) is 11.6 Å². The molecule has 0 radical (unpaired) electrons. The Bertz CT molecular complexity index is 1350. The third-order valence-corrected chi connectivity index (χ3v) is 7.43. The first-order valence-corrected chi connectivity index (χ1v) is 13.5. The number of nitrogen functional groups attached to an aromatic ring is 1. The molecule has 3 aromatic carbocycles. The van der Waals surface area contributed by atoms with Crippen LogP contribution in [0.25, 0.3) is 10.8 Å². The number of carbonyl (C=O) groups is 3. The number of nitrogens with one attached hydrogen (secondary N) is 1. The largest absolute Gasteiger partial charge is 0.444 e. The van der Waals surface area contributed by atoms with Crippen molar-refractivity contribution >= 4 is 51.8 Å². The lowest BCUT2D eigenvalue weighted by molar-refractivity contribution is -0.127. The third kappa shape index (κ3) is 6.39. The van der Waals surface area contributed by atoms with E-state index in [2.05, 4.69) is 5.32 Å². The first-order chi connectivity index (χ1) is 18.0. The van der Waals surface area contributed by atoms with Gasteiger partial charge >= 0.3 is 6.09 Å². The van der Waals surface area contributed by atoms with Gasteiger partial charge in [-0.3, -0.25) is 9.59 Å². The summed E-state index contributed by atoms with van der Waals surface area (Å²) in [4.78, 5) is 42.9. The quantitative estimate of drug-likeness (QED) is 0.440. The van der Waals surface area contributed by atoms with Crippen LogP contribution in [0, 0.1) is 0 Å². The number of ether oxygens (including phenoxy) is 1. The smallest absolute Gasteiger partial charge is 0.410 e. The van der Waals surface area contributed by atoms with Crippen LogP contribution < -0.4 is 16.0 Å². The average Bonchev–Trinajstić information content (AvgIpc) is 2.99. The molecule has 200 valence electrons. The predicted molar refractivity (Wildman–Crippen MR) is 152 cm³/mol. The number of nitrogens with zero attached hydrogens (tertiary/aromatic N) is 2. The van der Waals surface area contributed by atoms with Gasteiger partial charge in [0.25, 0.3) is 5.91 Å². The molecule has 3 N–H and O–H groups in total. The SMILES string of the molecule is CN(CCC(=O)N[C@H]1CSc2c(N)cccc2N(Cc2cccc3ccccc23)C1=O)C(=O)OC(C)(C)C. The van der Waals surface area contributed by atoms with Gasteiger partial charge in [-0.2, -0.15) is 0 Å². The first kappa shape index (κ1) is 27.3. The molecule has 1 heterocycles. The first-order valence-electron chi connectivity index (χ1n) is 12.6. The van der Waals surface area contributed by atoms with Crippen LogP contribution in [0.15, 0.2) is 65.6 Å². The Hall–Kier alpha value is -3.72. The minimum atomic E-state index is -0.749. The maximum absolute atomic E-state index is 13.9. The Labute approximate surface area is 227 Å². The van der Waals surface area contributed by atoms with Crippen LogP contribution in [0.2, 0.25) is 0 Å². The molecule has 9 heteroatoms. The van der Waals surface area contributed by atoms with Crippen LogP contribution in [0.3, 0.4) is 0 Å². The zero-order chi connectivity index (χ0) is 27.4. The lowest BCUT2D eigenvalue weighted by Gasteiger charge is -2.27. The fourth-order valence-electron chi connectivity index (χ4n) is 4.29. The molecule has 0 aliphatic carbocycles. The average molecular weight is 535 g/mol. The van der Waals surface area contributed by atoms with E-state index in [1.54, 1.807) is 32.7 Å². The van der Waals surface area contributed by atoms with E-state index in [9.17, 15) is 14.4 Å². The molecule has 0 saturated heterocycles. The van der Waals surface area contributed by atoms with Crippen molar-refractivity contribution in [2.45, 2.75) is 50.3 Å². The lowest BCUT2D eigenvalue weighted by Crippen LogP contribution is -2.49. The number of anilines is 2. The summed E-state index contributed by atoms with van der Waals surface area (Å²) in [6.45, 7) is 5.87. The number of thioether (sulfide) groups is 1. The maximum Gasteiger partial charge on any atom is 0.410 e. The van der Waals surface area contributed by atoms with Crippen molar-refractivity contribution in [3.8, 4) is 0 Å². The summed E-state index contributed by atoms with van der Waals surface area (Å²) >= 11 is 1.46. The highest BCUT2D eigenvalue weighted by Gasteiger charge is 2.33. The van der Waals surface area contributed by atoms with Gasteiger partial charge in [0.05, 0.1) is 17.1 Å². The Kier molecular flexibility index (Phi) is 8.16. The highest BCUT2D eigenvalue weighted by atomic mass is 32.2. The van der Waals surface area contributed by atoms with Gasteiger partial charge < -0.3 is 25.6 Å². The minimum Gasteiger partial charge on any atom is -0.444 e. The number of hydrogen-bond donors (Lipinski definition) is 2. The molecule has 0 unspecified atom stereocenters. The van der Waals surface area contributed by atoms with Gasteiger partial charge in [0.15, 0.2) is 0 Å². The van der Waals surface area contributed by atoms with E-state index >= 15 is 0 Å². The number of amides is 3. The van der Waals surface area contributed by atoms with Crippen molar-refractivity contribution < 1.29 is 19.1 Å². The second-order valence-corrected chi connectivity index (χ2v) is 11.4. The molecule has 1 aliphatic heterocycles. The highest BCUT2D eigenvalue weighted by Crippen LogP contribution is 2.39. The maximum atomic E-state index is 13.9. The molecule has 1 atom stereocenters. The summed E-state index contributed by atoms with van der Waals surface area (Å²) in [6, 6.07) is 18.9. The van der Waals surface area contributed by atoms with Crippen molar-refractivity contribution in [3.63, 3.8) is 0 Å². The van der Waals surface area contributed by atoms with Gasteiger partial charge in [-0.1, -0.05) is 48.5 Å². The summed E-state index contributed by atoms with van der Waals surface area (Å²) in [6.07, 6.45) is -0.457. The van der Waals surface area contributed by atoms with E-state index in [1.807, 2.05) is 60.7 Å². The van der Waals surface area contributed by atoms with Gasteiger partial charge in [0, 0.05) is 31.5 Å². The molecule has 1 aliphatic rings. The fourth-order valence-corrected chi connectivity index (χ4v) is 5.41. The number of fused-ring (bicyclic) bond motifs is 2. The molecule has 0 saturated carbocycles. The van der Waals surface area contributed by atoms with Crippen LogP contribution in [0.5, 0.6) is 0 Å². The number of nitrogens with two attached hydrogens (primary N) is 1. The third-order valence-electron chi connectivity index (χ3n) is 6.20. The Morgan fingerprint density at radius 1 is 1.11 bits per heavy atom. The topological polar surface area (TPSA) is 105 Å². The van der Waals surface area contributed by atoms with Crippen LogP contribution >= 0.6 is 11.8 Å². The molecule has 0 spiro atoms. The monoisotopic (exact) mass is 534 g/mol. The Morgan fingerprint density at radius 2 is 1.82 bits per heavy atom. The van der Waals surface area contributed by atoms with Gasteiger partial charge in [-0.15, -0.1) is 11.8 Å². The fraction of sp³-hybridized carbons (Fsp3) is 0.345. The number of hydrogen-bond acceptors (Lipinski definition) is 6. The summed E-state index contributed by atoms with van der Waals surface area (Å²) in [5.41, 5.74) is 8.01. The molecule has 0 fully saturated rings. The normalized spacial score (nSPS) is 15.5. The van der Waals surface area contributed by atoms with E-state index < -0.39 is 17.7 Å². The van der Waals surface area contributed by atoms with Crippen molar-refractivity contribution in [2.75, 3.05) is 30.0 Å². The molecule has 0 aromatic heterocycles. The molecule has 8 nitrogen and oxygen atoms in total. The van der Waals surface area contributed by atoms with Gasteiger partial charge in [-0.05, 0) is 49.2 Å². The van der Waals surface area contributed by atoms with E-state index in [1.165, 1.54) is 16.7 Å². The molecule has 3 amide bonds. The second-order valence-electron chi connectivity index (χ2n) is 10.3. The van der Waals surface area contributed by atoms with Crippen LogP contribution in [-0.4, -0.2) is 53.8 Å². The van der Waals surface area contributed by atoms with Crippen LogP contribution in [-0.2, 0) is 20.9 Å². The number of benzene rings is 3. The van der Waals surface area contributed by atoms with Crippen molar-refractivity contribution in [2.24, 2.45) is 0 Å². The second kappa shape index (κ2) is 11.3. The highest BCUT2D eigenvalue weighted by molar-refractivity contribution is 7.99. The van der Waals surface area contributed by atoms with Gasteiger partial charge in [-0.25, -0.2) is 4.79 Å². The van der Waals surface area contributed by atoms with Crippen molar-refractivity contribution in [1.82, 2.24) is 10.2 Å². The van der Waals surface area contributed by atoms with Crippen molar-refractivity contribution in [1.29, 1.82) is 0 Å². The van der Waals surface area contributed by atoms with Crippen LogP contribution in [0.1, 0.15) is 32.8 Å². The number of rotatable bonds is 6. The Balaban J connectivity index is 1.53. The van der Waals surface area contributed by atoms with Gasteiger partial charge in [0.2, 0.25) is 5.91 Å². The molecular weight excluding hydrogens is 500 g/mol. The molecule has 3 aromatic rings. The van der Waals surface area contributed by atoms with Crippen LogP contribution in [0.4, 0.5) is 16.2 Å². The molecular formula is C29H34N4O4S. The molecule has 38 heavy (non-hydrogen) atoms. The van der Waals surface area contributed by atoms with E-state index in [-0.39, 0.29) is 24.8 Å². The molecule has 4 rings (SSSR count). The Morgan fingerprint density at radius 3 is 2.58 bits per heavy atom. The molecule has 0 bridgehead atoms. The van der Waals surface area contributed by atoms with Crippen molar-refractivity contribution in [3.05, 3.63) is 66.2 Å². The summed E-state index contributed by atoms with van der Waals surface area (Å²) in [7, 11) is 1.58. The van der Waals surface area contributed by atoms with E-state index in [0.717, 1.165) is 26.9 Å². The zero-order valence-electron chi connectivity index (χ0n) is 22.2. The predicted octanol–water partition coefficient (Wildman–Crippen LogP) is 4.80. The zero-order valence-corrected chi connectivity index (χ0v) is 23.0. The standard InChI is InChI=1S/C29H34N4O4S/c1-29(2,3)37-28(36)32(4)16-15-25(34)31-23-18-38-26-22(30)13-8-14-24(26)33(27(23)35)17-20-11-7-10-19-9-5-6-12-21(19)20/h5-14,23H,15-18,30H2,1-4H3,(H,31,34)/t23-/m0/s1. The van der Waals surface area contributed by atoms with E-state index in [4.69, 9.17) is 10.5 Å². The minimum absolute atomic E-state index is 0.0442.